The molecule has 0 atom stereocenters. The van der Waals surface area contributed by atoms with Gasteiger partial charge in [-0.05, 0) is 25.1 Å². The molecule has 0 fully saturated rings. The number of nitrogen functional groups attached to an aromatic ring is 1. The van der Waals surface area contributed by atoms with Crippen molar-refractivity contribution in [1.82, 2.24) is 4.98 Å². The monoisotopic (exact) mass is 290 g/mol. The number of carbonyl (C=O) groups is 1. The molecule has 1 aromatic heterocycles. The number of halogens is 1. The number of nitrogens with zero attached hydrogens (tertiary/aromatic N) is 2. The van der Waals surface area contributed by atoms with Gasteiger partial charge in [0, 0.05) is 11.3 Å². The van der Waals surface area contributed by atoms with Crippen molar-refractivity contribution in [2.24, 2.45) is 0 Å². The largest absolute Gasteiger partial charge is 0.384 e. The molecule has 0 aliphatic rings. The molecular formula is C13H11FN4O3. The second kappa shape index (κ2) is 5.53. The van der Waals surface area contributed by atoms with Crippen molar-refractivity contribution in [3.8, 4) is 0 Å². The van der Waals surface area contributed by atoms with E-state index in [1.165, 1.54) is 25.1 Å². The summed E-state index contributed by atoms with van der Waals surface area (Å²) in [6.45, 7) is 1.49. The first-order valence-corrected chi connectivity index (χ1v) is 5.86. The Labute approximate surface area is 118 Å². The van der Waals surface area contributed by atoms with Crippen LogP contribution in [0, 0.1) is 22.9 Å². The van der Waals surface area contributed by atoms with E-state index >= 15 is 0 Å². The SMILES string of the molecule is Cc1c(F)cccc1NC(=O)c1cc(N)ncc1[N+](=O)[O-]. The normalized spacial score (nSPS) is 10.2. The molecule has 108 valence electrons. The Kier molecular flexibility index (Phi) is 3.79. The molecule has 7 nitrogen and oxygen atoms in total. The Morgan fingerprint density at radius 2 is 2.19 bits per heavy atom. The zero-order valence-electron chi connectivity index (χ0n) is 11.0. The van der Waals surface area contributed by atoms with Gasteiger partial charge in [-0.25, -0.2) is 9.37 Å². The zero-order chi connectivity index (χ0) is 15.6. The highest BCUT2D eigenvalue weighted by atomic mass is 19.1. The van der Waals surface area contributed by atoms with E-state index in [0.717, 1.165) is 12.3 Å². The Balaban J connectivity index is 2.39. The fraction of sp³-hybridized carbons (Fsp3) is 0.0769. The summed E-state index contributed by atoms with van der Waals surface area (Å²) < 4.78 is 13.4. The van der Waals surface area contributed by atoms with E-state index in [2.05, 4.69) is 10.3 Å². The number of carbonyl (C=O) groups excluding carboxylic acids is 1. The predicted molar refractivity (Wildman–Crippen MR) is 74.4 cm³/mol. The van der Waals surface area contributed by atoms with Gasteiger partial charge < -0.3 is 11.1 Å². The molecule has 2 aromatic rings. The van der Waals surface area contributed by atoms with Crippen LogP contribution >= 0.6 is 0 Å². The second-order valence-corrected chi connectivity index (χ2v) is 4.25. The van der Waals surface area contributed by atoms with Crippen LogP contribution in [-0.4, -0.2) is 15.8 Å². The number of hydrogen-bond acceptors (Lipinski definition) is 5. The molecule has 0 aliphatic heterocycles. The molecule has 1 aromatic carbocycles. The maximum Gasteiger partial charge on any atom is 0.300 e. The quantitative estimate of drug-likeness (QED) is 0.665. The van der Waals surface area contributed by atoms with Crippen molar-refractivity contribution in [3.63, 3.8) is 0 Å². The van der Waals surface area contributed by atoms with Crippen molar-refractivity contribution in [2.45, 2.75) is 6.92 Å². The van der Waals surface area contributed by atoms with Crippen molar-refractivity contribution in [1.29, 1.82) is 0 Å². The third kappa shape index (κ3) is 2.94. The summed E-state index contributed by atoms with van der Waals surface area (Å²) in [7, 11) is 0. The third-order valence-corrected chi connectivity index (χ3v) is 2.86. The lowest BCUT2D eigenvalue weighted by molar-refractivity contribution is -0.385. The Hall–Kier alpha value is -3.03. The van der Waals surface area contributed by atoms with Crippen LogP contribution in [0.25, 0.3) is 0 Å². The van der Waals surface area contributed by atoms with Gasteiger partial charge in [-0.2, -0.15) is 0 Å². The Bertz CT molecular complexity index is 733. The van der Waals surface area contributed by atoms with Gasteiger partial charge in [0.05, 0.1) is 4.92 Å². The van der Waals surface area contributed by atoms with E-state index in [1.54, 1.807) is 0 Å². The first-order valence-electron chi connectivity index (χ1n) is 5.86. The number of pyridine rings is 1. The molecule has 1 heterocycles. The number of hydrogen-bond donors (Lipinski definition) is 2. The smallest absolute Gasteiger partial charge is 0.300 e. The Morgan fingerprint density at radius 3 is 2.86 bits per heavy atom. The number of amides is 1. The molecule has 0 aliphatic carbocycles. The fourth-order valence-electron chi connectivity index (χ4n) is 1.72. The van der Waals surface area contributed by atoms with E-state index in [0.29, 0.717) is 0 Å². The summed E-state index contributed by atoms with van der Waals surface area (Å²) in [5, 5.41) is 13.3. The lowest BCUT2D eigenvalue weighted by Gasteiger charge is -2.09. The summed E-state index contributed by atoms with van der Waals surface area (Å²) in [4.78, 5) is 25.9. The van der Waals surface area contributed by atoms with Crippen LogP contribution in [0.4, 0.5) is 21.6 Å². The molecule has 0 spiro atoms. The lowest BCUT2D eigenvalue weighted by atomic mass is 10.1. The third-order valence-electron chi connectivity index (χ3n) is 2.86. The van der Waals surface area contributed by atoms with Gasteiger partial charge in [0.25, 0.3) is 11.6 Å². The molecule has 21 heavy (non-hydrogen) atoms. The highest BCUT2D eigenvalue weighted by molar-refractivity contribution is 6.07. The van der Waals surface area contributed by atoms with Crippen molar-refractivity contribution >= 4 is 23.1 Å². The molecule has 3 N–H and O–H groups in total. The molecule has 0 saturated carbocycles. The minimum Gasteiger partial charge on any atom is -0.384 e. The molecular weight excluding hydrogens is 279 g/mol. The lowest BCUT2D eigenvalue weighted by Crippen LogP contribution is -2.15. The van der Waals surface area contributed by atoms with E-state index in [9.17, 15) is 19.3 Å². The minimum absolute atomic E-state index is 0.0262. The molecule has 0 bridgehead atoms. The van der Waals surface area contributed by atoms with Crippen LogP contribution in [-0.2, 0) is 0 Å². The molecule has 8 heteroatoms. The molecule has 0 unspecified atom stereocenters. The first-order chi connectivity index (χ1) is 9.90. The van der Waals surface area contributed by atoms with E-state index in [-0.39, 0.29) is 22.6 Å². The average Bonchev–Trinajstić information content (AvgIpc) is 2.43. The number of nitro groups is 1. The number of nitrogens with two attached hydrogens (primary N) is 1. The van der Waals surface area contributed by atoms with E-state index in [4.69, 9.17) is 5.73 Å². The highest BCUT2D eigenvalue weighted by Crippen LogP contribution is 2.22. The minimum atomic E-state index is -0.760. The maximum atomic E-state index is 13.4. The maximum absolute atomic E-state index is 13.4. The molecule has 2 rings (SSSR count). The number of nitrogens with one attached hydrogen (secondary N) is 1. The van der Waals surface area contributed by atoms with E-state index in [1.807, 2.05) is 0 Å². The van der Waals surface area contributed by atoms with Crippen LogP contribution in [0.5, 0.6) is 0 Å². The number of anilines is 2. The van der Waals surface area contributed by atoms with Gasteiger partial charge in [-0.3, -0.25) is 14.9 Å². The highest BCUT2D eigenvalue weighted by Gasteiger charge is 2.22. The summed E-state index contributed by atoms with van der Waals surface area (Å²) in [5.74, 6) is -1.28. The summed E-state index contributed by atoms with van der Waals surface area (Å²) >= 11 is 0. The number of aromatic nitrogens is 1. The van der Waals surface area contributed by atoms with Crippen LogP contribution in [0.3, 0.4) is 0 Å². The van der Waals surface area contributed by atoms with Crippen LogP contribution in [0.1, 0.15) is 15.9 Å². The van der Waals surface area contributed by atoms with Crippen LogP contribution in [0.2, 0.25) is 0 Å². The van der Waals surface area contributed by atoms with E-state index < -0.39 is 22.3 Å². The zero-order valence-corrected chi connectivity index (χ0v) is 11.0. The van der Waals surface area contributed by atoms with Gasteiger partial charge in [-0.1, -0.05) is 6.07 Å². The van der Waals surface area contributed by atoms with Crippen LogP contribution < -0.4 is 11.1 Å². The molecule has 0 radical (unpaired) electrons. The summed E-state index contributed by atoms with van der Waals surface area (Å²) in [5.41, 5.74) is 5.18. The fourth-order valence-corrected chi connectivity index (χ4v) is 1.72. The average molecular weight is 290 g/mol. The molecule has 0 saturated heterocycles. The van der Waals surface area contributed by atoms with Crippen molar-refractivity contribution < 1.29 is 14.1 Å². The number of rotatable bonds is 3. The van der Waals surface area contributed by atoms with Gasteiger partial charge in [-0.15, -0.1) is 0 Å². The van der Waals surface area contributed by atoms with Crippen molar-refractivity contribution in [3.05, 3.63) is 57.5 Å². The van der Waals surface area contributed by atoms with Crippen LogP contribution in [0.15, 0.2) is 30.5 Å². The van der Waals surface area contributed by atoms with Gasteiger partial charge in [0.1, 0.15) is 23.4 Å². The van der Waals surface area contributed by atoms with Gasteiger partial charge in [0.2, 0.25) is 0 Å². The van der Waals surface area contributed by atoms with Gasteiger partial charge in [0.15, 0.2) is 0 Å². The second-order valence-electron chi connectivity index (χ2n) is 4.25. The standard InChI is InChI=1S/C13H11FN4O3/c1-7-9(14)3-2-4-10(7)17-13(19)8-5-12(15)16-6-11(8)18(20)21/h2-6H,1H3,(H2,15,16)(H,17,19). The Morgan fingerprint density at radius 1 is 1.48 bits per heavy atom. The predicted octanol–water partition coefficient (Wildman–Crippen LogP) is 2.27. The molecule has 1 amide bonds. The van der Waals surface area contributed by atoms with Gasteiger partial charge >= 0.3 is 0 Å². The topological polar surface area (TPSA) is 111 Å². The first kappa shape index (κ1) is 14.4. The summed E-state index contributed by atoms with van der Waals surface area (Å²) in [6, 6.07) is 5.26. The van der Waals surface area contributed by atoms with Crippen molar-refractivity contribution in [2.75, 3.05) is 11.1 Å². The summed E-state index contributed by atoms with van der Waals surface area (Å²) in [6.07, 6.45) is 0.905. The number of benzene rings is 1.